The molecule has 0 saturated heterocycles. The molecule has 3 rings (SSSR count). The summed E-state index contributed by atoms with van der Waals surface area (Å²) in [6.45, 7) is 1.98. The Morgan fingerprint density at radius 3 is 2.80 bits per heavy atom. The molecule has 0 bridgehead atoms. The van der Waals surface area contributed by atoms with Crippen LogP contribution in [0.3, 0.4) is 0 Å². The van der Waals surface area contributed by atoms with E-state index in [4.69, 9.17) is 16.1 Å². The number of benzene rings is 1. The van der Waals surface area contributed by atoms with E-state index >= 15 is 0 Å². The van der Waals surface area contributed by atoms with Gasteiger partial charge in [0.25, 0.3) is 5.91 Å². The van der Waals surface area contributed by atoms with Gasteiger partial charge in [-0.25, -0.2) is 5.84 Å². The minimum atomic E-state index is -0.259. The van der Waals surface area contributed by atoms with Gasteiger partial charge in [0.15, 0.2) is 0 Å². The molecule has 2 aromatic rings. The normalized spacial score (nSPS) is 20.0. The molecular weight excluding hydrogens is 318 g/mol. The molecule has 1 aromatic heterocycles. The van der Waals surface area contributed by atoms with Crippen molar-refractivity contribution in [2.24, 2.45) is 11.6 Å². The van der Waals surface area contributed by atoms with E-state index in [1.54, 1.807) is 17.3 Å². The number of carbonyl (C=O) groups is 1. The van der Waals surface area contributed by atoms with Crippen LogP contribution in [0.1, 0.15) is 36.7 Å². The quantitative estimate of drug-likeness (QED) is 0.547. The summed E-state index contributed by atoms with van der Waals surface area (Å²) in [5.74, 6) is 5.91. The fourth-order valence-electron chi connectivity index (χ4n) is 2.72. The summed E-state index contributed by atoms with van der Waals surface area (Å²) in [6.07, 6.45) is 4.06. The van der Waals surface area contributed by atoms with Gasteiger partial charge in [-0.1, -0.05) is 42.4 Å². The van der Waals surface area contributed by atoms with Crippen LogP contribution in [-0.4, -0.2) is 28.2 Å². The second kappa shape index (κ2) is 7.40. The summed E-state index contributed by atoms with van der Waals surface area (Å²) in [5.41, 5.74) is 8.08. The highest BCUT2D eigenvalue weighted by atomic mass is 16.5. The molecule has 1 aliphatic carbocycles. The molecule has 1 saturated carbocycles. The van der Waals surface area contributed by atoms with Crippen LogP contribution in [0.5, 0.6) is 0 Å². The van der Waals surface area contributed by atoms with Gasteiger partial charge < -0.3 is 20.6 Å². The van der Waals surface area contributed by atoms with Gasteiger partial charge in [0.05, 0.1) is 0 Å². The maximum Gasteiger partial charge on any atom is 0.290 e. The molecule has 7 heteroatoms. The summed E-state index contributed by atoms with van der Waals surface area (Å²) in [7, 11) is 0. The number of hydrazine groups is 1. The number of nitrogens with two attached hydrogens (primary N) is 2. The van der Waals surface area contributed by atoms with E-state index in [-0.39, 0.29) is 23.8 Å². The molecule has 1 amide bonds. The van der Waals surface area contributed by atoms with Crippen molar-refractivity contribution in [3.05, 3.63) is 54.1 Å². The summed E-state index contributed by atoms with van der Waals surface area (Å²) in [4.78, 5) is 12.3. The number of aromatic nitrogens is 1. The number of nitrogens with one attached hydrogen (secondary N) is 1. The van der Waals surface area contributed by atoms with Crippen molar-refractivity contribution in [1.29, 1.82) is 0 Å². The number of hydrogen-bond donors (Lipinski definition) is 3. The SMILES string of the molecule is CC/C(N)=C/N(N)C1CC(NC(=O)c2cc(-c3ccccc3)no2)C1. The summed E-state index contributed by atoms with van der Waals surface area (Å²) < 4.78 is 5.17. The van der Waals surface area contributed by atoms with Gasteiger partial charge in [-0.2, -0.15) is 0 Å². The molecule has 5 N–H and O–H groups in total. The molecule has 0 radical (unpaired) electrons. The Labute approximate surface area is 146 Å². The molecule has 0 atom stereocenters. The molecule has 1 fully saturated rings. The smallest absolute Gasteiger partial charge is 0.290 e. The second-order valence-corrected chi connectivity index (χ2v) is 6.24. The van der Waals surface area contributed by atoms with Gasteiger partial charge in [-0.05, 0) is 19.3 Å². The molecule has 1 aliphatic rings. The molecule has 0 spiro atoms. The van der Waals surface area contributed by atoms with Crippen LogP contribution in [0.2, 0.25) is 0 Å². The van der Waals surface area contributed by atoms with Gasteiger partial charge in [0.1, 0.15) is 5.69 Å². The van der Waals surface area contributed by atoms with Crippen LogP contribution in [0.15, 0.2) is 52.8 Å². The third-order valence-electron chi connectivity index (χ3n) is 4.40. The number of nitrogens with zero attached hydrogens (tertiary/aromatic N) is 2. The topological polar surface area (TPSA) is 110 Å². The first-order chi connectivity index (χ1) is 12.1. The molecule has 0 aliphatic heterocycles. The molecule has 0 unspecified atom stereocenters. The van der Waals surface area contributed by atoms with Crippen LogP contribution in [-0.2, 0) is 0 Å². The Kier molecular flexibility index (Phi) is 5.04. The van der Waals surface area contributed by atoms with Crippen LogP contribution in [0, 0.1) is 0 Å². The molecule has 1 aromatic carbocycles. The predicted molar refractivity (Wildman–Crippen MR) is 94.8 cm³/mol. The van der Waals surface area contributed by atoms with Crippen LogP contribution >= 0.6 is 0 Å². The highest BCUT2D eigenvalue weighted by Gasteiger charge is 2.33. The first-order valence-electron chi connectivity index (χ1n) is 8.39. The monoisotopic (exact) mass is 341 g/mol. The third-order valence-corrected chi connectivity index (χ3v) is 4.40. The first kappa shape index (κ1) is 17.0. The van der Waals surface area contributed by atoms with Gasteiger partial charge in [0.2, 0.25) is 5.76 Å². The van der Waals surface area contributed by atoms with E-state index in [0.717, 1.165) is 30.5 Å². The van der Waals surface area contributed by atoms with Crippen molar-refractivity contribution < 1.29 is 9.32 Å². The van der Waals surface area contributed by atoms with E-state index < -0.39 is 0 Å². The number of allylic oxidation sites excluding steroid dienone is 1. The lowest BCUT2D eigenvalue weighted by Crippen LogP contribution is -2.54. The van der Waals surface area contributed by atoms with E-state index in [9.17, 15) is 4.79 Å². The van der Waals surface area contributed by atoms with Gasteiger partial charge in [-0.3, -0.25) is 4.79 Å². The Hall–Kier alpha value is -2.80. The summed E-state index contributed by atoms with van der Waals surface area (Å²) in [5, 5.41) is 8.53. The summed E-state index contributed by atoms with van der Waals surface area (Å²) >= 11 is 0. The molecule has 132 valence electrons. The second-order valence-electron chi connectivity index (χ2n) is 6.24. The largest absolute Gasteiger partial charge is 0.401 e. The van der Waals surface area contributed by atoms with Crippen molar-refractivity contribution in [2.45, 2.75) is 38.3 Å². The predicted octanol–water partition coefficient (Wildman–Crippen LogP) is 1.99. The lowest BCUT2D eigenvalue weighted by molar-refractivity contribution is 0.0813. The van der Waals surface area contributed by atoms with Crippen molar-refractivity contribution in [3.8, 4) is 11.3 Å². The van der Waals surface area contributed by atoms with Gasteiger partial charge in [-0.15, -0.1) is 0 Å². The zero-order chi connectivity index (χ0) is 17.8. The Morgan fingerprint density at radius 1 is 1.40 bits per heavy atom. The minimum Gasteiger partial charge on any atom is -0.401 e. The Bertz CT molecular complexity index is 750. The number of hydrogen-bond acceptors (Lipinski definition) is 6. The fourth-order valence-corrected chi connectivity index (χ4v) is 2.72. The average molecular weight is 341 g/mol. The number of rotatable bonds is 6. The fraction of sp³-hybridized carbons (Fsp3) is 0.333. The molecular formula is C18H23N5O2. The van der Waals surface area contributed by atoms with E-state index in [2.05, 4.69) is 10.5 Å². The maximum absolute atomic E-state index is 12.3. The van der Waals surface area contributed by atoms with E-state index in [1.165, 1.54) is 0 Å². The maximum atomic E-state index is 12.3. The zero-order valence-corrected chi connectivity index (χ0v) is 14.2. The lowest BCUT2D eigenvalue weighted by Gasteiger charge is -2.40. The van der Waals surface area contributed by atoms with E-state index in [0.29, 0.717) is 5.69 Å². The first-order valence-corrected chi connectivity index (χ1v) is 8.39. The minimum absolute atomic E-state index is 0.0741. The molecule has 25 heavy (non-hydrogen) atoms. The standard InChI is InChI=1S/C18H23N5O2/c1-2-13(19)11-23(20)15-8-14(9-15)21-18(24)17-10-16(22-25-17)12-6-4-3-5-7-12/h3-7,10-11,14-15H,2,8-9,19-20H2,1H3,(H,21,24)/b13-11-. The zero-order valence-electron chi connectivity index (χ0n) is 14.2. The highest BCUT2D eigenvalue weighted by Crippen LogP contribution is 2.25. The van der Waals surface area contributed by atoms with Crippen LogP contribution < -0.4 is 16.9 Å². The number of amides is 1. The van der Waals surface area contributed by atoms with Crippen molar-refractivity contribution in [3.63, 3.8) is 0 Å². The van der Waals surface area contributed by atoms with Gasteiger partial charge >= 0.3 is 0 Å². The van der Waals surface area contributed by atoms with Crippen LogP contribution in [0.4, 0.5) is 0 Å². The van der Waals surface area contributed by atoms with Crippen molar-refractivity contribution in [1.82, 2.24) is 15.5 Å². The molecule has 1 heterocycles. The number of carbonyl (C=O) groups excluding carboxylic acids is 1. The van der Waals surface area contributed by atoms with Crippen molar-refractivity contribution >= 4 is 5.91 Å². The van der Waals surface area contributed by atoms with Crippen LogP contribution in [0.25, 0.3) is 11.3 Å². The third kappa shape index (κ3) is 4.00. The highest BCUT2D eigenvalue weighted by molar-refractivity contribution is 5.92. The lowest BCUT2D eigenvalue weighted by atomic mass is 9.86. The van der Waals surface area contributed by atoms with Crippen molar-refractivity contribution in [2.75, 3.05) is 0 Å². The van der Waals surface area contributed by atoms with Gasteiger partial charge in [0, 0.05) is 35.6 Å². The average Bonchev–Trinajstić information content (AvgIpc) is 3.08. The molecule has 7 nitrogen and oxygen atoms in total. The Morgan fingerprint density at radius 2 is 2.12 bits per heavy atom. The Balaban J connectivity index is 1.52. The summed E-state index contributed by atoms with van der Waals surface area (Å²) in [6, 6.07) is 11.5. The van der Waals surface area contributed by atoms with E-state index in [1.807, 2.05) is 37.3 Å².